The summed E-state index contributed by atoms with van der Waals surface area (Å²) < 4.78 is 13.9. The van der Waals surface area contributed by atoms with Gasteiger partial charge >= 0.3 is 5.97 Å². The van der Waals surface area contributed by atoms with Gasteiger partial charge in [-0.25, -0.2) is 9.18 Å². The number of hydrogen-bond donors (Lipinski definition) is 1. The van der Waals surface area contributed by atoms with Crippen molar-refractivity contribution in [3.63, 3.8) is 0 Å². The van der Waals surface area contributed by atoms with Crippen molar-refractivity contribution >= 4 is 11.9 Å². The van der Waals surface area contributed by atoms with E-state index in [1.165, 1.54) is 12.1 Å². The van der Waals surface area contributed by atoms with Crippen molar-refractivity contribution in [2.45, 2.75) is 32.7 Å². The van der Waals surface area contributed by atoms with Crippen molar-refractivity contribution in [3.05, 3.63) is 35.1 Å². The van der Waals surface area contributed by atoms with Crippen molar-refractivity contribution < 1.29 is 19.1 Å². The Morgan fingerprint density at radius 2 is 2.15 bits per heavy atom. The standard InChI is InChI=1S/C15H18FNO3/c1-3-11-6-9(2)8-17(11)14(18)12-5-4-10(15(19)20)7-13(12)16/h4-5,7,9,11H,3,6,8H2,1-2H3,(H,19,20). The quantitative estimate of drug-likeness (QED) is 0.925. The van der Waals surface area contributed by atoms with Gasteiger partial charge in [-0.05, 0) is 37.0 Å². The highest BCUT2D eigenvalue weighted by Gasteiger charge is 2.33. The van der Waals surface area contributed by atoms with Crippen LogP contribution in [-0.2, 0) is 0 Å². The number of nitrogens with zero attached hydrogens (tertiary/aromatic N) is 1. The lowest BCUT2D eigenvalue weighted by Gasteiger charge is -2.24. The van der Waals surface area contributed by atoms with Gasteiger partial charge in [0.2, 0.25) is 0 Å². The second-order valence-corrected chi connectivity index (χ2v) is 5.36. The van der Waals surface area contributed by atoms with E-state index in [1.807, 2.05) is 6.92 Å². The fourth-order valence-corrected chi connectivity index (χ4v) is 2.76. The molecule has 1 amide bonds. The summed E-state index contributed by atoms with van der Waals surface area (Å²) in [5.74, 6) is -1.92. The molecule has 0 spiro atoms. The summed E-state index contributed by atoms with van der Waals surface area (Å²) in [6, 6.07) is 3.56. The lowest BCUT2D eigenvalue weighted by atomic mass is 10.1. The molecule has 1 heterocycles. The van der Waals surface area contributed by atoms with Gasteiger partial charge in [0, 0.05) is 12.6 Å². The fourth-order valence-electron chi connectivity index (χ4n) is 2.76. The zero-order valence-corrected chi connectivity index (χ0v) is 11.6. The molecule has 108 valence electrons. The zero-order chi connectivity index (χ0) is 14.9. The Balaban J connectivity index is 2.27. The minimum absolute atomic E-state index is 0.0532. The van der Waals surface area contributed by atoms with Crippen LogP contribution in [0.15, 0.2) is 18.2 Å². The summed E-state index contributed by atoms with van der Waals surface area (Å²) in [5.41, 5.74) is -0.205. The lowest BCUT2D eigenvalue weighted by molar-refractivity contribution is 0.0689. The number of rotatable bonds is 3. The summed E-state index contributed by atoms with van der Waals surface area (Å²) in [5, 5.41) is 8.80. The summed E-state index contributed by atoms with van der Waals surface area (Å²) in [6.45, 7) is 4.70. The first-order chi connectivity index (χ1) is 9.43. The molecular formula is C15H18FNO3. The first-order valence-electron chi connectivity index (χ1n) is 6.77. The molecule has 2 rings (SSSR count). The van der Waals surface area contributed by atoms with Crippen LogP contribution in [0.4, 0.5) is 4.39 Å². The van der Waals surface area contributed by atoms with Gasteiger partial charge in [-0.1, -0.05) is 13.8 Å². The number of halogens is 1. The van der Waals surface area contributed by atoms with Crippen LogP contribution >= 0.6 is 0 Å². The van der Waals surface area contributed by atoms with E-state index in [2.05, 4.69) is 6.92 Å². The Kier molecular flexibility index (Phi) is 4.06. The van der Waals surface area contributed by atoms with Gasteiger partial charge in [-0.3, -0.25) is 4.79 Å². The van der Waals surface area contributed by atoms with Gasteiger partial charge in [0.1, 0.15) is 5.82 Å². The number of carbonyl (C=O) groups is 2. The Labute approximate surface area is 117 Å². The molecule has 0 saturated carbocycles. The zero-order valence-electron chi connectivity index (χ0n) is 11.6. The van der Waals surface area contributed by atoms with Gasteiger partial charge < -0.3 is 10.0 Å². The molecule has 5 heteroatoms. The van der Waals surface area contributed by atoms with Crippen LogP contribution in [0.25, 0.3) is 0 Å². The van der Waals surface area contributed by atoms with Crippen molar-refractivity contribution in [3.8, 4) is 0 Å². The topological polar surface area (TPSA) is 57.6 Å². The summed E-state index contributed by atoms with van der Waals surface area (Å²) >= 11 is 0. The normalized spacial score (nSPS) is 22.1. The molecule has 1 N–H and O–H groups in total. The molecule has 0 aliphatic carbocycles. The molecule has 0 radical (unpaired) electrons. The maximum absolute atomic E-state index is 13.9. The van der Waals surface area contributed by atoms with Gasteiger partial charge in [0.25, 0.3) is 5.91 Å². The minimum atomic E-state index is -1.20. The summed E-state index contributed by atoms with van der Waals surface area (Å²) in [4.78, 5) is 24.9. The molecule has 0 aromatic heterocycles. The molecule has 1 aromatic carbocycles. The molecule has 1 saturated heterocycles. The molecule has 1 aliphatic heterocycles. The smallest absolute Gasteiger partial charge is 0.335 e. The number of carboxylic acid groups (broad SMARTS) is 1. The van der Waals surface area contributed by atoms with E-state index in [4.69, 9.17) is 5.11 Å². The first-order valence-corrected chi connectivity index (χ1v) is 6.77. The predicted octanol–water partition coefficient (Wildman–Crippen LogP) is 2.78. The van der Waals surface area contributed by atoms with E-state index in [0.717, 1.165) is 18.9 Å². The molecule has 1 aliphatic rings. The molecule has 20 heavy (non-hydrogen) atoms. The van der Waals surface area contributed by atoms with Crippen LogP contribution in [0.3, 0.4) is 0 Å². The van der Waals surface area contributed by atoms with Crippen LogP contribution in [0, 0.1) is 11.7 Å². The molecule has 4 nitrogen and oxygen atoms in total. The number of benzene rings is 1. The van der Waals surface area contributed by atoms with Gasteiger partial charge in [0.15, 0.2) is 0 Å². The number of hydrogen-bond acceptors (Lipinski definition) is 2. The second kappa shape index (κ2) is 5.61. The molecule has 1 fully saturated rings. The highest BCUT2D eigenvalue weighted by atomic mass is 19.1. The third kappa shape index (κ3) is 2.66. The van der Waals surface area contributed by atoms with E-state index in [9.17, 15) is 14.0 Å². The molecule has 0 bridgehead atoms. The van der Waals surface area contributed by atoms with E-state index >= 15 is 0 Å². The number of carbonyl (C=O) groups excluding carboxylic acids is 1. The maximum atomic E-state index is 13.9. The van der Waals surface area contributed by atoms with Crippen molar-refractivity contribution in [2.75, 3.05) is 6.54 Å². The van der Waals surface area contributed by atoms with Gasteiger partial charge in [0.05, 0.1) is 11.1 Å². The van der Waals surface area contributed by atoms with E-state index in [0.29, 0.717) is 12.5 Å². The minimum Gasteiger partial charge on any atom is -0.478 e. The maximum Gasteiger partial charge on any atom is 0.335 e. The average molecular weight is 279 g/mol. The molecule has 1 aromatic rings. The van der Waals surface area contributed by atoms with Crippen molar-refractivity contribution in [1.29, 1.82) is 0 Å². The highest BCUT2D eigenvalue weighted by Crippen LogP contribution is 2.27. The van der Waals surface area contributed by atoms with Gasteiger partial charge in [-0.2, -0.15) is 0 Å². The Morgan fingerprint density at radius 3 is 2.70 bits per heavy atom. The third-order valence-corrected chi connectivity index (χ3v) is 3.80. The van der Waals surface area contributed by atoms with E-state index in [-0.39, 0.29) is 23.1 Å². The third-order valence-electron chi connectivity index (χ3n) is 3.80. The van der Waals surface area contributed by atoms with Crippen LogP contribution in [0.5, 0.6) is 0 Å². The largest absolute Gasteiger partial charge is 0.478 e. The Bertz CT molecular complexity index is 544. The SMILES string of the molecule is CCC1CC(C)CN1C(=O)c1ccc(C(=O)O)cc1F. The van der Waals surface area contributed by atoms with Crippen LogP contribution in [0.1, 0.15) is 47.4 Å². The van der Waals surface area contributed by atoms with Crippen LogP contribution in [-0.4, -0.2) is 34.5 Å². The van der Waals surface area contributed by atoms with Crippen LogP contribution < -0.4 is 0 Å². The monoisotopic (exact) mass is 279 g/mol. The van der Waals surface area contributed by atoms with Crippen LogP contribution in [0.2, 0.25) is 0 Å². The fraction of sp³-hybridized carbons (Fsp3) is 0.467. The summed E-state index contributed by atoms with van der Waals surface area (Å²) in [7, 11) is 0. The van der Waals surface area contributed by atoms with Gasteiger partial charge in [-0.15, -0.1) is 0 Å². The first kappa shape index (κ1) is 14.5. The summed E-state index contributed by atoms with van der Waals surface area (Å²) in [6.07, 6.45) is 1.77. The number of carboxylic acids is 1. The molecule has 2 unspecified atom stereocenters. The van der Waals surface area contributed by atoms with E-state index < -0.39 is 11.8 Å². The lowest BCUT2D eigenvalue weighted by Crippen LogP contribution is -2.35. The van der Waals surface area contributed by atoms with E-state index in [1.54, 1.807) is 4.90 Å². The Hall–Kier alpha value is -1.91. The number of aromatic carboxylic acids is 1. The highest BCUT2D eigenvalue weighted by molar-refractivity contribution is 5.96. The van der Waals surface area contributed by atoms with Crippen molar-refractivity contribution in [2.24, 2.45) is 5.92 Å². The molecule has 2 atom stereocenters. The predicted molar refractivity (Wildman–Crippen MR) is 72.3 cm³/mol. The number of likely N-dealkylation sites (tertiary alicyclic amines) is 1. The second-order valence-electron chi connectivity index (χ2n) is 5.36. The Morgan fingerprint density at radius 1 is 1.45 bits per heavy atom. The van der Waals surface area contributed by atoms with Crippen molar-refractivity contribution in [1.82, 2.24) is 4.90 Å². The number of amides is 1. The average Bonchev–Trinajstić information content (AvgIpc) is 2.79. The molecular weight excluding hydrogens is 261 g/mol.